The summed E-state index contributed by atoms with van der Waals surface area (Å²) in [5, 5.41) is 16.0. The fourth-order valence-corrected chi connectivity index (χ4v) is 3.51. The first-order valence-corrected chi connectivity index (χ1v) is 7.94. The van der Waals surface area contributed by atoms with Gasteiger partial charge in [0.2, 0.25) is 0 Å². The molecule has 0 atom stereocenters. The predicted molar refractivity (Wildman–Crippen MR) is 82.2 cm³/mol. The molecule has 0 bridgehead atoms. The minimum atomic E-state index is -0.0918. The molecule has 3 N–H and O–H groups in total. The Morgan fingerprint density at radius 1 is 1.29 bits per heavy atom. The summed E-state index contributed by atoms with van der Waals surface area (Å²) in [6.45, 7) is 2.60. The minimum absolute atomic E-state index is 0.0249. The number of aliphatic hydroxyl groups is 1. The first-order chi connectivity index (χ1) is 10.2. The molecule has 0 saturated heterocycles. The number of aliphatic hydroxyl groups excluding tert-OH is 1. The van der Waals surface area contributed by atoms with Crippen molar-refractivity contribution in [2.24, 2.45) is 5.41 Å². The highest BCUT2D eigenvalue weighted by molar-refractivity contribution is 5.94. The van der Waals surface area contributed by atoms with Crippen LogP contribution in [-0.2, 0) is 13.0 Å². The molecule has 4 heteroatoms. The molecule has 4 nitrogen and oxygen atoms in total. The number of carbonyl (C=O) groups is 1. The normalized spacial score (nSPS) is 20.0. The molecule has 21 heavy (non-hydrogen) atoms. The molecule has 0 unspecified atom stereocenters. The van der Waals surface area contributed by atoms with E-state index in [1.807, 2.05) is 12.1 Å². The van der Waals surface area contributed by atoms with E-state index in [2.05, 4.69) is 16.7 Å². The Labute approximate surface area is 125 Å². The van der Waals surface area contributed by atoms with Crippen LogP contribution in [-0.4, -0.2) is 30.7 Å². The number of benzene rings is 1. The van der Waals surface area contributed by atoms with Gasteiger partial charge in [0.15, 0.2) is 0 Å². The number of hydrogen-bond donors (Lipinski definition) is 3. The smallest absolute Gasteiger partial charge is 0.251 e. The van der Waals surface area contributed by atoms with Crippen LogP contribution in [0.15, 0.2) is 18.2 Å². The van der Waals surface area contributed by atoms with Gasteiger partial charge in [-0.1, -0.05) is 18.9 Å². The molecule has 1 aromatic carbocycles. The van der Waals surface area contributed by atoms with E-state index >= 15 is 0 Å². The maximum Gasteiger partial charge on any atom is 0.251 e. The summed E-state index contributed by atoms with van der Waals surface area (Å²) in [4.78, 5) is 12.3. The van der Waals surface area contributed by atoms with Crippen LogP contribution in [0.1, 0.15) is 47.2 Å². The van der Waals surface area contributed by atoms with Crippen molar-refractivity contribution in [3.63, 3.8) is 0 Å². The molecular weight excluding hydrogens is 264 g/mol. The molecular formula is C17H24N2O2. The Balaban J connectivity index is 1.65. The van der Waals surface area contributed by atoms with Gasteiger partial charge in [-0.25, -0.2) is 0 Å². The van der Waals surface area contributed by atoms with Gasteiger partial charge in [-0.2, -0.15) is 0 Å². The van der Waals surface area contributed by atoms with Crippen molar-refractivity contribution in [2.45, 2.75) is 38.6 Å². The third kappa shape index (κ3) is 3.11. The highest BCUT2D eigenvalue weighted by atomic mass is 16.3. The number of amides is 1. The summed E-state index contributed by atoms with van der Waals surface area (Å²) >= 11 is 0. The van der Waals surface area contributed by atoms with E-state index in [1.54, 1.807) is 0 Å². The van der Waals surface area contributed by atoms with E-state index in [4.69, 9.17) is 0 Å². The first-order valence-electron chi connectivity index (χ1n) is 7.94. The average Bonchev–Trinajstić information content (AvgIpc) is 3.01. The molecule has 1 aromatic rings. The third-order valence-corrected chi connectivity index (χ3v) is 4.98. The molecule has 1 amide bonds. The second kappa shape index (κ2) is 6.16. The van der Waals surface area contributed by atoms with Crippen molar-refractivity contribution in [1.82, 2.24) is 10.6 Å². The van der Waals surface area contributed by atoms with Crippen LogP contribution in [0.4, 0.5) is 0 Å². The maximum absolute atomic E-state index is 12.3. The first kappa shape index (κ1) is 14.5. The Kier molecular flexibility index (Phi) is 4.27. The zero-order valence-corrected chi connectivity index (χ0v) is 12.5. The maximum atomic E-state index is 12.3. The monoisotopic (exact) mass is 288 g/mol. The van der Waals surface area contributed by atoms with Crippen LogP contribution < -0.4 is 10.6 Å². The Morgan fingerprint density at radius 3 is 2.86 bits per heavy atom. The van der Waals surface area contributed by atoms with Crippen LogP contribution >= 0.6 is 0 Å². The van der Waals surface area contributed by atoms with Gasteiger partial charge in [-0.15, -0.1) is 0 Å². The van der Waals surface area contributed by atoms with Crippen LogP contribution in [0.5, 0.6) is 0 Å². The average molecular weight is 288 g/mol. The molecule has 1 aliphatic carbocycles. The Hall–Kier alpha value is -1.39. The van der Waals surface area contributed by atoms with Gasteiger partial charge < -0.3 is 15.7 Å². The van der Waals surface area contributed by atoms with Crippen molar-refractivity contribution in [3.05, 3.63) is 34.9 Å². The molecule has 0 spiro atoms. The van der Waals surface area contributed by atoms with Crippen molar-refractivity contribution >= 4 is 5.91 Å². The Bertz CT molecular complexity index is 522. The summed E-state index contributed by atoms with van der Waals surface area (Å²) < 4.78 is 0. The molecule has 1 saturated carbocycles. The third-order valence-electron chi connectivity index (χ3n) is 4.98. The second-order valence-electron chi connectivity index (χ2n) is 6.46. The lowest BCUT2D eigenvalue weighted by Crippen LogP contribution is -2.38. The van der Waals surface area contributed by atoms with Crippen molar-refractivity contribution < 1.29 is 9.90 Å². The Morgan fingerprint density at radius 2 is 2.10 bits per heavy atom. The zero-order valence-electron chi connectivity index (χ0n) is 12.5. The summed E-state index contributed by atoms with van der Waals surface area (Å²) in [6, 6.07) is 5.99. The van der Waals surface area contributed by atoms with E-state index in [0.717, 1.165) is 50.8 Å². The van der Waals surface area contributed by atoms with Crippen LogP contribution in [0, 0.1) is 5.41 Å². The van der Waals surface area contributed by atoms with E-state index in [1.165, 1.54) is 11.1 Å². The summed E-state index contributed by atoms with van der Waals surface area (Å²) in [7, 11) is 0. The van der Waals surface area contributed by atoms with E-state index in [0.29, 0.717) is 6.54 Å². The SMILES string of the molecule is O=C(NCC1(CO)CCCC1)c1ccc2c(c1)CNCC2. The quantitative estimate of drug-likeness (QED) is 0.789. The molecule has 1 fully saturated rings. The number of hydrogen-bond acceptors (Lipinski definition) is 3. The van der Waals surface area contributed by atoms with Crippen LogP contribution in [0.3, 0.4) is 0 Å². The molecule has 0 aromatic heterocycles. The van der Waals surface area contributed by atoms with Gasteiger partial charge in [0.1, 0.15) is 0 Å². The van der Waals surface area contributed by atoms with Crippen molar-refractivity contribution in [1.29, 1.82) is 0 Å². The highest BCUT2D eigenvalue weighted by Gasteiger charge is 2.33. The summed E-state index contributed by atoms with van der Waals surface area (Å²) in [6.07, 6.45) is 5.36. The number of rotatable bonds is 4. The van der Waals surface area contributed by atoms with Crippen molar-refractivity contribution in [2.75, 3.05) is 19.7 Å². The van der Waals surface area contributed by atoms with Gasteiger partial charge in [0.25, 0.3) is 5.91 Å². The molecule has 0 radical (unpaired) electrons. The predicted octanol–water partition coefficient (Wildman–Crippen LogP) is 1.61. The number of carbonyl (C=O) groups excluding carboxylic acids is 1. The molecule has 114 valence electrons. The lowest BCUT2D eigenvalue weighted by molar-refractivity contribution is 0.0880. The van der Waals surface area contributed by atoms with Gasteiger partial charge in [-0.05, 0) is 49.1 Å². The molecule has 1 aliphatic heterocycles. The standard InChI is InChI=1S/C17H24N2O2/c20-12-17(6-1-2-7-17)11-19-16(21)14-4-3-13-5-8-18-10-15(13)9-14/h3-4,9,18,20H,1-2,5-8,10-12H2,(H,19,21). The largest absolute Gasteiger partial charge is 0.396 e. The summed E-state index contributed by atoms with van der Waals surface area (Å²) in [5.41, 5.74) is 3.20. The number of nitrogens with one attached hydrogen (secondary N) is 2. The minimum Gasteiger partial charge on any atom is -0.396 e. The fraction of sp³-hybridized carbons (Fsp3) is 0.588. The fourth-order valence-electron chi connectivity index (χ4n) is 3.51. The lowest BCUT2D eigenvalue weighted by Gasteiger charge is -2.26. The molecule has 2 aliphatic rings. The lowest BCUT2D eigenvalue weighted by atomic mass is 9.87. The van der Waals surface area contributed by atoms with Crippen LogP contribution in [0.2, 0.25) is 0 Å². The zero-order chi connectivity index (χ0) is 14.7. The highest BCUT2D eigenvalue weighted by Crippen LogP contribution is 2.36. The van der Waals surface area contributed by atoms with E-state index in [-0.39, 0.29) is 17.9 Å². The topological polar surface area (TPSA) is 61.4 Å². The van der Waals surface area contributed by atoms with Crippen molar-refractivity contribution in [3.8, 4) is 0 Å². The van der Waals surface area contributed by atoms with E-state index in [9.17, 15) is 9.90 Å². The summed E-state index contributed by atoms with van der Waals surface area (Å²) in [5.74, 6) is -0.0249. The van der Waals surface area contributed by atoms with Crippen LogP contribution in [0.25, 0.3) is 0 Å². The van der Waals surface area contributed by atoms with Gasteiger partial charge in [0, 0.05) is 24.1 Å². The molecule has 3 rings (SSSR count). The van der Waals surface area contributed by atoms with Gasteiger partial charge in [-0.3, -0.25) is 4.79 Å². The number of fused-ring (bicyclic) bond motifs is 1. The van der Waals surface area contributed by atoms with Gasteiger partial charge in [0.05, 0.1) is 6.61 Å². The van der Waals surface area contributed by atoms with Gasteiger partial charge >= 0.3 is 0 Å². The second-order valence-corrected chi connectivity index (χ2v) is 6.46. The van der Waals surface area contributed by atoms with E-state index < -0.39 is 0 Å². The molecule has 1 heterocycles.